The lowest BCUT2D eigenvalue weighted by Gasteiger charge is -2.47. The van der Waals surface area contributed by atoms with Crippen molar-refractivity contribution >= 4 is 11.7 Å². The van der Waals surface area contributed by atoms with E-state index in [9.17, 15) is 4.79 Å². The van der Waals surface area contributed by atoms with Gasteiger partial charge in [0.05, 0.1) is 38.4 Å². The number of carbonyl (C=O) groups is 1. The molecule has 39 heavy (non-hydrogen) atoms. The minimum atomic E-state index is -0.413. The Bertz CT molecular complexity index is 994. The highest BCUT2D eigenvalue weighted by atomic mass is 16.7. The van der Waals surface area contributed by atoms with E-state index in [4.69, 9.17) is 18.9 Å². The molecule has 9 heteroatoms. The standard InChI is InChI=1S/C30H44N4O5/c1-32(23-29(36-2)37-3)28(35)12-20-38-19-11-25-7-9-26(10-8-25)22-33-16-13-30(14-17-33)24-34(18-21-39-30)27-6-4-5-15-31-27/h4-10,15,29H,11-14,16-24H2,1-3H3. The fraction of sp³-hybridized carbons (Fsp3) is 0.600. The molecule has 2 saturated heterocycles. The molecular formula is C30H44N4O5. The normalized spacial score (nSPS) is 17.6. The lowest BCUT2D eigenvalue weighted by Crippen LogP contribution is -2.57. The van der Waals surface area contributed by atoms with Crippen molar-refractivity contribution in [1.82, 2.24) is 14.8 Å². The number of likely N-dealkylation sites (tertiary alicyclic amines) is 1. The van der Waals surface area contributed by atoms with Crippen LogP contribution >= 0.6 is 0 Å². The summed E-state index contributed by atoms with van der Waals surface area (Å²) >= 11 is 0. The second-order valence-electron chi connectivity index (χ2n) is 10.5. The fourth-order valence-electron chi connectivity index (χ4n) is 5.29. The molecule has 0 N–H and O–H groups in total. The fourth-order valence-corrected chi connectivity index (χ4v) is 5.29. The third-order valence-electron chi connectivity index (χ3n) is 7.79. The van der Waals surface area contributed by atoms with E-state index < -0.39 is 6.29 Å². The molecular weight excluding hydrogens is 496 g/mol. The van der Waals surface area contributed by atoms with Gasteiger partial charge in [-0.1, -0.05) is 30.3 Å². The molecule has 0 bridgehead atoms. The van der Waals surface area contributed by atoms with Crippen LogP contribution in [-0.4, -0.2) is 106 Å². The summed E-state index contributed by atoms with van der Waals surface area (Å²) in [5.41, 5.74) is 2.51. The number of morpholine rings is 1. The number of rotatable bonds is 13. The number of ether oxygens (including phenoxy) is 4. The van der Waals surface area contributed by atoms with Crippen LogP contribution in [0.1, 0.15) is 30.4 Å². The molecule has 0 atom stereocenters. The van der Waals surface area contributed by atoms with Crippen LogP contribution in [0.25, 0.3) is 0 Å². The molecule has 0 radical (unpaired) electrons. The first-order valence-corrected chi connectivity index (χ1v) is 14.0. The molecule has 1 spiro atoms. The van der Waals surface area contributed by atoms with E-state index in [1.54, 1.807) is 26.2 Å². The summed E-state index contributed by atoms with van der Waals surface area (Å²) in [6, 6.07) is 14.9. The molecule has 1 aromatic carbocycles. The zero-order valence-corrected chi connectivity index (χ0v) is 23.7. The highest BCUT2D eigenvalue weighted by molar-refractivity contribution is 5.75. The third kappa shape index (κ3) is 8.71. The quantitative estimate of drug-likeness (QED) is 0.284. The number of nitrogens with zero attached hydrogens (tertiary/aromatic N) is 4. The van der Waals surface area contributed by atoms with Crippen molar-refractivity contribution in [2.24, 2.45) is 0 Å². The zero-order chi connectivity index (χ0) is 27.5. The number of hydrogen-bond donors (Lipinski definition) is 0. The topological polar surface area (TPSA) is 76.6 Å². The Hall–Kier alpha value is -2.56. The largest absolute Gasteiger partial charge is 0.381 e. The summed E-state index contributed by atoms with van der Waals surface area (Å²) in [4.78, 5) is 23.3. The monoisotopic (exact) mass is 540 g/mol. The molecule has 0 aliphatic carbocycles. The van der Waals surface area contributed by atoms with Gasteiger partial charge in [0.25, 0.3) is 0 Å². The molecule has 4 rings (SSSR count). The molecule has 214 valence electrons. The van der Waals surface area contributed by atoms with Crippen molar-refractivity contribution in [2.45, 2.75) is 44.1 Å². The van der Waals surface area contributed by atoms with E-state index in [0.717, 1.165) is 64.4 Å². The smallest absolute Gasteiger partial charge is 0.224 e. The highest BCUT2D eigenvalue weighted by Crippen LogP contribution is 2.32. The summed E-state index contributed by atoms with van der Waals surface area (Å²) in [7, 11) is 4.88. The van der Waals surface area contributed by atoms with E-state index in [0.29, 0.717) is 26.2 Å². The van der Waals surface area contributed by atoms with E-state index in [1.165, 1.54) is 11.1 Å². The van der Waals surface area contributed by atoms with Gasteiger partial charge >= 0.3 is 0 Å². The van der Waals surface area contributed by atoms with Gasteiger partial charge in [-0.15, -0.1) is 0 Å². The van der Waals surface area contributed by atoms with Crippen molar-refractivity contribution in [1.29, 1.82) is 0 Å². The summed E-state index contributed by atoms with van der Waals surface area (Å²) in [6.07, 6.45) is 4.72. The predicted octanol–water partition coefficient (Wildman–Crippen LogP) is 2.98. The number of aromatic nitrogens is 1. The van der Waals surface area contributed by atoms with E-state index in [-0.39, 0.29) is 11.5 Å². The summed E-state index contributed by atoms with van der Waals surface area (Å²) in [5, 5.41) is 0. The lowest BCUT2D eigenvalue weighted by atomic mass is 9.89. The molecule has 2 aromatic rings. The van der Waals surface area contributed by atoms with Crippen LogP contribution < -0.4 is 4.90 Å². The molecule has 0 unspecified atom stereocenters. The Morgan fingerprint density at radius 3 is 2.49 bits per heavy atom. The number of amides is 1. The van der Waals surface area contributed by atoms with Gasteiger partial charge < -0.3 is 28.7 Å². The summed E-state index contributed by atoms with van der Waals surface area (Å²) in [6.45, 7) is 7.02. The van der Waals surface area contributed by atoms with Crippen molar-refractivity contribution < 1.29 is 23.7 Å². The van der Waals surface area contributed by atoms with Crippen molar-refractivity contribution in [3.8, 4) is 0 Å². The van der Waals surface area contributed by atoms with Gasteiger partial charge in [-0.2, -0.15) is 0 Å². The molecule has 2 aliphatic heterocycles. The number of hydrogen-bond acceptors (Lipinski definition) is 8. The number of likely N-dealkylation sites (N-methyl/N-ethyl adjacent to an activating group) is 1. The Morgan fingerprint density at radius 2 is 1.79 bits per heavy atom. The third-order valence-corrected chi connectivity index (χ3v) is 7.79. The zero-order valence-electron chi connectivity index (χ0n) is 23.7. The average Bonchev–Trinajstić information content (AvgIpc) is 2.98. The van der Waals surface area contributed by atoms with Crippen LogP contribution in [-0.2, 0) is 36.7 Å². The molecule has 0 saturated carbocycles. The maximum atomic E-state index is 12.2. The SMILES string of the molecule is COC(CN(C)C(=O)CCOCCc1ccc(CN2CCC3(CC2)CN(c2ccccn2)CCO3)cc1)OC. The van der Waals surface area contributed by atoms with Gasteiger partial charge in [0.15, 0.2) is 6.29 Å². The average molecular weight is 541 g/mol. The number of piperidine rings is 1. The van der Waals surface area contributed by atoms with E-state index in [1.807, 2.05) is 12.3 Å². The minimum absolute atomic E-state index is 0.0164. The summed E-state index contributed by atoms with van der Waals surface area (Å²) < 4.78 is 22.4. The molecule has 2 aliphatic rings. The maximum absolute atomic E-state index is 12.2. The van der Waals surface area contributed by atoms with Crippen LogP contribution in [0.5, 0.6) is 0 Å². The first kappa shape index (κ1) is 29.4. The minimum Gasteiger partial charge on any atom is -0.381 e. The first-order chi connectivity index (χ1) is 19.0. The number of anilines is 1. The Morgan fingerprint density at radius 1 is 1.05 bits per heavy atom. The number of methoxy groups -OCH3 is 2. The molecule has 1 aromatic heterocycles. The van der Waals surface area contributed by atoms with Crippen LogP contribution in [0.4, 0.5) is 5.82 Å². The van der Waals surface area contributed by atoms with E-state index >= 15 is 0 Å². The second-order valence-corrected chi connectivity index (χ2v) is 10.5. The highest BCUT2D eigenvalue weighted by Gasteiger charge is 2.40. The Balaban J connectivity index is 1.13. The molecule has 1 amide bonds. The van der Waals surface area contributed by atoms with Crippen molar-refractivity contribution in [2.75, 3.05) is 78.7 Å². The molecule has 2 fully saturated rings. The van der Waals surface area contributed by atoms with Gasteiger partial charge in [-0.3, -0.25) is 9.69 Å². The molecule has 9 nitrogen and oxygen atoms in total. The van der Waals surface area contributed by atoms with Crippen LogP contribution in [0.2, 0.25) is 0 Å². The first-order valence-electron chi connectivity index (χ1n) is 14.0. The second kappa shape index (κ2) is 14.7. The van der Waals surface area contributed by atoms with Crippen molar-refractivity contribution in [3.05, 3.63) is 59.8 Å². The molecule has 3 heterocycles. The van der Waals surface area contributed by atoms with Gasteiger partial charge in [0.1, 0.15) is 5.82 Å². The van der Waals surface area contributed by atoms with E-state index in [2.05, 4.69) is 51.2 Å². The van der Waals surface area contributed by atoms with Crippen LogP contribution in [0.3, 0.4) is 0 Å². The van der Waals surface area contributed by atoms with Gasteiger partial charge in [0.2, 0.25) is 5.91 Å². The Labute approximate surface area is 233 Å². The van der Waals surface area contributed by atoms with Crippen LogP contribution in [0, 0.1) is 0 Å². The number of benzene rings is 1. The number of carbonyl (C=O) groups excluding carboxylic acids is 1. The lowest BCUT2D eigenvalue weighted by molar-refractivity contribution is -0.143. The Kier molecular flexibility index (Phi) is 11.1. The van der Waals surface area contributed by atoms with Crippen molar-refractivity contribution in [3.63, 3.8) is 0 Å². The predicted molar refractivity (Wildman–Crippen MR) is 151 cm³/mol. The van der Waals surface area contributed by atoms with Gasteiger partial charge in [0, 0.05) is 60.2 Å². The summed E-state index contributed by atoms with van der Waals surface area (Å²) in [5.74, 6) is 1.07. The van der Waals surface area contributed by atoms with Gasteiger partial charge in [-0.05, 0) is 42.5 Å². The van der Waals surface area contributed by atoms with Crippen LogP contribution in [0.15, 0.2) is 48.7 Å². The number of pyridine rings is 1. The maximum Gasteiger partial charge on any atom is 0.224 e. The van der Waals surface area contributed by atoms with Gasteiger partial charge in [-0.25, -0.2) is 4.98 Å².